The van der Waals surface area contributed by atoms with Gasteiger partial charge in [-0.1, -0.05) is 0 Å². The molecule has 0 saturated heterocycles. The Morgan fingerprint density at radius 3 is 3.23 bits per heavy atom. The lowest BCUT2D eigenvalue weighted by Gasteiger charge is -2.21. The standard InChI is InChI=1S/C9H16N4/c1-7-11-9-8(4-5-10)3-2-6-13(9)12-7/h8H,2-6,10H2,1H3. The lowest BCUT2D eigenvalue weighted by molar-refractivity contribution is 0.403. The Labute approximate surface area is 78.1 Å². The van der Waals surface area contributed by atoms with Crippen LogP contribution in [0, 0.1) is 6.92 Å². The van der Waals surface area contributed by atoms with Gasteiger partial charge in [0.05, 0.1) is 0 Å². The van der Waals surface area contributed by atoms with Gasteiger partial charge < -0.3 is 5.73 Å². The first-order valence-corrected chi connectivity index (χ1v) is 4.92. The van der Waals surface area contributed by atoms with Crippen LogP contribution in [0.3, 0.4) is 0 Å². The third kappa shape index (κ3) is 1.58. The monoisotopic (exact) mass is 180 g/mol. The van der Waals surface area contributed by atoms with Crippen LogP contribution in [0.5, 0.6) is 0 Å². The van der Waals surface area contributed by atoms with Crippen molar-refractivity contribution >= 4 is 0 Å². The maximum absolute atomic E-state index is 5.57. The molecule has 4 heteroatoms. The first kappa shape index (κ1) is 8.69. The van der Waals surface area contributed by atoms with E-state index >= 15 is 0 Å². The SMILES string of the molecule is Cc1nc2n(n1)CCCC2CCN. The van der Waals surface area contributed by atoms with Crippen molar-refractivity contribution in [1.29, 1.82) is 0 Å². The van der Waals surface area contributed by atoms with Crippen LogP contribution in [-0.4, -0.2) is 21.3 Å². The summed E-state index contributed by atoms with van der Waals surface area (Å²) in [7, 11) is 0. The van der Waals surface area contributed by atoms with Crippen molar-refractivity contribution in [2.24, 2.45) is 5.73 Å². The fraction of sp³-hybridized carbons (Fsp3) is 0.778. The number of fused-ring (bicyclic) bond motifs is 1. The van der Waals surface area contributed by atoms with Crippen LogP contribution in [-0.2, 0) is 6.54 Å². The zero-order valence-corrected chi connectivity index (χ0v) is 8.03. The second-order valence-corrected chi connectivity index (χ2v) is 3.66. The molecule has 0 saturated carbocycles. The van der Waals surface area contributed by atoms with Crippen molar-refractivity contribution in [3.8, 4) is 0 Å². The molecule has 13 heavy (non-hydrogen) atoms. The number of hydrogen-bond acceptors (Lipinski definition) is 3. The van der Waals surface area contributed by atoms with Gasteiger partial charge in [-0.25, -0.2) is 9.67 Å². The molecule has 72 valence electrons. The molecule has 1 aromatic rings. The maximum Gasteiger partial charge on any atom is 0.147 e. The normalized spacial score (nSPS) is 21.5. The van der Waals surface area contributed by atoms with E-state index in [1.807, 2.05) is 11.6 Å². The molecular weight excluding hydrogens is 164 g/mol. The van der Waals surface area contributed by atoms with Crippen LogP contribution in [0.2, 0.25) is 0 Å². The Bertz CT molecular complexity index is 292. The van der Waals surface area contributed by atoms with E-state index in [1.165, 1.54) is 12.8 Å². The number of hydrogen-bond donors (Lipinski definition) is 1. The van der Waals surface area contributed by atoms with E-state index in [4.69, 9.17) is 5.73 Å². The first-order chi connectivity index (χ1) is 6.31. The van der Waals surface area contributed by atoms with Gasteiger partial charge in [-0.15, -0.1) is 0 Å². The summed E-state index contributed by atoms with van der Waals surface area (Å²) in [6, 6.07) is 0. The van der Waals surface area contributed by atoms with Crippen molar-refractivity contribution in [2.75, 3.05) is 6.54 Å². The van der Waals surface area contributed by atoms with Crippen LogP contribution < -0.4 is 5.73 Å². The van der Waals surface area contributed by atoms with E-state index in [-0.39, 0.29) is 0 Å². The second-order valence-electron chi connectivity index (χ2n) is 3.66. The third-order valence-electron chi connectivity index (χ3n) is 2.61. The number of aryl methyl sites for hydroxylation is 2. The molecule has 1 aliphatic heterocycles. The fourth-order valence-electron chi connectivity index (χ4n) is 2.03. The van der Waals surface area contributed by atoms with Crippen molar-refractivity contribution in [3.63, 3.8) is 0 Å². The van der Waals surface area contributed by atoms with Gasteiger partial charge in [0.25, 0.3) is 0 Å². The Morgan fingerprint density at radius 2 is 2.46 bits per heavy atom. The lowest BCUT2D eigenvalue weighted by Crippen LogP contribution is -2.19. The lowest BCUT2D eigenvalue weighted by atomic mass is 9.96. The molecule has 0 amide bonds. The molecule has 0 bridgehead atoms. The summed E-state index contributed by atoms with van der Waals surface area (Å²) in [5, 5.41) is 4.35. The summed E-state index contributed by atoms with van der Waals surface area (Å²) in [4.78, 5) is 4.45. The summed E-state index contributed by atoms with van der Waals surface area (Å²) in [5.41, 5.74) is 5.57. The minimum Gasteiger partial charge on any atom is -0.330 e. The van der Waals surface area contributed by atoms with Crippen LogP contribution in [0.1, 0.15) is 36.8 Å². The van der Waals surface area contributed by atoms with E-state index in [9.17, 15) is 0 Å². The number of nitrogens with zero attached hydrogens (tertiary/aromatic N) is 3. The smallest absolute Gasteiger partial charge is 0.147 e. The van der Waals surface area contributed by atoms with Crippen molar-refractivity contribution in [1.82, 2.24) is 14.8 Å². The number of nitrogens with two attached hydrogens (primary N) is 1. The summed E-state index contributed by atoms with van der Waals surface area (Å²) in [6.45, 7) is 3.72. The van der Waals surface area contributed by atoms with Gasteiger partial charge in [0.1, 0.15) is 11.6 Å². The average molecular weight is 180 g/mol. The van der Waals surface area contributed by atoms with Crippen LogP contribution in [0.15, 0.2) is 0 Å². The Kier molecular flexibility index (Phi) is 2.31. The minimum absolute atomic E-state index is 0.542. The molecule has 0 aliphatic carbocycles. The Hall–Kier alpha value is -0.900. The van der Waals surface area contributed by atoms with E-state index < -0.39 is 0 Å². The molecule has 2 N–H and O–H groups in total. The summed E-state index contributed by atoms with van der Waals surface area (Å²) < 4.78 is 2.04. The molecular formula is C9H16N4. The van der Waals surface area contributed by atoms with Gasteiger partial charge in [0.15, 0.2) is 0 Å². The molecule has 0 spiro atoms. The van der Waals surface area contributed by atoms with E-state index in [2.05, 4.69) is 10.1 Å². The highest BCUT2D eigenvalue weighted by atomic mass is 15.3. The van der Waals surface area contributed by atoms with Crippen LogP contribution in [0.4, 0.5) is 0 Å². The number of aromatic nitrogens is 3. The van der Waals surface area contributed by atoms with Gasteiger partial charge in [0, 0.05) is 12.5 Å². The molecule has 0 fully saturated rings. The fourth-order valence-corrected chi connectivity index (χ4v) is 2.03. The van der Waals surface area contributed by atoms with Gasteiger partial charge in [0.2, 0.25) is 0 Å². The molecule has 1 aliphatic rings. The average Bonchev–Trinajstić information content (AvgIpc) is 2.47. The summed E-state index contributed by atoms with van der Waals surface area (Å²) in [5.74, 6) is 2.58. The molecule has 2 heterocycles. The van der Waals surface area contributed by atoms with Crippen molar-refractivity contribution in [2.45, 2.75) is 38.6 Å². The molecule has 1 atom stereocenters. The second kappa shape index (κ2) is 3.46. The van der Waals surface area contributed by atoms with E-state index in [1.54, 1.807) is 0 Å². The largest absolute Gasteiger partial charge is 0.330 e. The predicted molar refractivity (Wildman–Crippen MR) is 50.4 cm³/mol. The third-order valence-corrected chi connectivity index (χ3v) is 2.61. The molecule has 0 radical (unpaired) electrons. The first-order valence-electron chi connectivity index (χ1n) is 4.92. The highest BCUT2D eigenvalue weighted by Crippen LogP contribution is 2.27. The molecule has 4 nitrogen and oxygen atoms in total. The molecule has 1 unspecified atom stereocenters. The quantitative estimate of drug-likeness (QED) is 0.732. The van der Waals surface area contributed by atoms with E-state index in [0.717, 1.165) is 31.2 Å². The van der Waals surface area contributed by atoms with Crippen molar-refractivity contribution < 1.29 is 0 Å². The van der Waals surface area contributed by atoms with Crippen molar-refractivity contribution in [3.05, 3.63) is 11.6 Å². The maximum atomic E-state index is 5.57. The van der Waals surface area contributed by atoms with Gasteiger partial charge in [-0.05, 0) is 32.7 Å². The highest BCUT2D eigenvalue weighted by Gasteiger charge is 2.22. The highest BCUT2D eigenvalue weighted by molar-refractivity contribution is 5.02. The summed E-state index contributed by atoms with van der Waals surface area (Å²) in [6.07, 6.45) is 3.47. The van der Waals surface area contributed by atoms with Crippen LogP contribution in [0.25, 0.3) is 0 Å². The summed E-state index contributed by atoms with van der Waals surface area (Å²) >= 11 is 0. The molecule has 0 aromatic carbocycles. The minimum atomic E-state index is 0.542. The van der Waals surface area contributed by atoms with E-state index in [0.29, 0.717) is 5.92 Å². The van der Waals surface area contributed by atoms with Gasteiger partial charge in [-0.2, -0.15) is 5.10 Å². The Morgan fingerprint density at radius 1 is 1.62 bits per heavy atom. The topological polar surface area (TPSA) is 56.7 Å². The number of rotatable bonds is 2. The predicted octanol–water partition coefficient (Wildman–Crippen LogP) is 0.813. The Balaban J connectivity index is 2.25. The van der Waals surface area contributed by atoms with Gasteiger partial charge in [-0.3, -0.25) is 0 Å². The van der Waals surface area contributed by atoms with Crippen LogP contribution >= 0.6 is 0 Å². The zero-order valence-electron chi connectivity index (χ0n) is 8.03. The van der Waals surface area contributed by atoms with Gasteiger partial charge >= 0.3 is 0 Å². The zero-order chi connectivity index (χ0) is 9.26. The molecule has 1 aromatic heterocycles. The molecule has 2 rings (SSSR count).